The van der Waals surface area contributed by atoms with Crippen molar-refractivity contribution in [2.75, 3.05) is 52.5 Å². The summed E-state index contributed by atoms with van der Waals surface area (Å²) in [6, 6.07) is 12.8. The van der Waals surface area contributed by atoms with Crippen molar-refractivity contribution >= 4 is 21.8 Å². The molecule has 0 unspecified atom stereocenters. The third-order valence-electron chi connectivity index (χ3n) is 6.09. The zero-order valence-electron chi connectivity index (χ0n) is 19.3. The molecule has 0 spiro atoms. The van der Waals surface area contributed by atoms with Crippen LogP contribution >= 0.6 is 0 Å². The molecule has 5 heteroatoms. The molecule has 0 radical (unpaired) electrons. The molecule has 0 saturated heterocycles. The standard InChI is InChI=1S/C25H37N3O2/c1-6-27(7-2)14-16-29-20-10-12-24-22(18-20)23-19-21(11-13-25(23)26(24)5)30-17-15-28(8-3)9-4/h10-13,18-19H,6-9,14-17H2,1-5H3. The van der Waals surface area contributed by atoms with E-state index in [1.807, 2.05) is 0 Å². The maximum absolute atomic E-state index is 6.06. The highest BCUT2D eigenvalue weighted by molar-refractivity contribution is 6.08. The lowest BCUT2D eigenvalue weighted by atomic mass is 10.1. The Balaban J connectivity index is 1.78. The first-order chi connectivity index (χ1) is 14.6. The van der Waals surface area contributed by atoms with Crippen molar-refractivity contribution in [1.29, 1.82) is 0 Å². The summed E-state index contributed by atoms with van der Waals surface area (Å²) in [5.74, 6) is 1.85. The van der Waals surface area contributed by atoms with E-state index in [9.17, 15) is 0 Å². The second-order valence-corrected chi connectivity index (χ2v) is 7.67. The topological polar surface area (TPSA) is 29.9 Å². The van der Waals surface area contributed by atoms with E-state index >= 15 is 0 Å². The lowest BCUT2D eigenvalue weighted by molar-refractivity contribution is 0.223. The van der Waals surface area contributed by atoms with Crippen LogP contribution in [0.25, 0.3) is 21.8 Å². The van der Waals surface area contributed by atoms with Gasteiger partial charge in [0.25, 0.3) is 0 Å². The van der Waals surface area contributed by atoms with Gasteiger partial charge in [0, 0.05) is 41.9 Å². The molecule has 0 amide bonds. The Morgan fingerprint density at radius 2 is 1.07 bits per heavy atom. The van der Waals surface area contributed by atoms with E-state index in [0.29, 0.717) is 13.2 Å². The van der Waals surface area contributed by atoms with Crippen LogP contribution in [-0.4, -0.2) is 66.8 Å². The first kappa shape index (κ1) is 22.4. The molecule has 0 atom stereocenters. The molecule has 30 heavy (non-hydrogen) atoms. The van der Waals surface area contributed by atoms with Crippen LogP contribution in [0.1, 0.15) is 27.7 Å². The predicted octanol–water partition coefficient (Wildman–Crippen LogP) is 4.77. The van der Waals surface area contributed by atoms with E-state index in [-0.39, 0.29) is 0 Å². The zero-order chi connectivity index (χ0) is 21.5. The Morgan fingerprint density at radius 1 is 0.667 bits per heavy atom. The maximum atomic E-state index is 6.06. The Bertz CT molecular complexity index is 867. The molecule has 0 fully saturated rings. The highest BCUT2D eigenvalue weighted by Gasteiger charge is 2.11. The van der Waals surface area contributed by atoms with Gasteiger partial charge in [0.2, 0.25) is 0 Å². The number of rotatable bonds is 12. The average Bonchev–Trinajstić information content (AvgIpc) is 3.05. The van der Waals surface area contributed by atoms with Gasteiger partial charge < -0.3 is 23.8 Å². The quantitative estimate of drug-likeness (QED) is 0.429. The summed E-state index contributed by atoms with van der Waals surface area (Å²) in [6.07, 6.45) is 0. The number of aryl methyl sites for hydroxylation is 1. The molecule has 0 saturated carbocycles. The van der Waals surface area contributed by atoms with Crippen molar-refractivity contribution in [3.05, 3.63) is 36.4 Å². The van der Waals surface area contributed by atoms with Crippen LogP contribution in [0.5, 0.6) is 11.5 Å². The molecule has 3 aromatic rings. The number of benzene rings is 2. The average molecular weight is 412 g/mol. The van der Waals surface area contributed by atoms with Crippen molar-refractivity contribution in [2.45, 2.75) is 27.7 Å². The molecule has 0 aliphatic carbocycles. The van der Waals surface area contributed by atoms with Crippen molar-refractivity contribution in [3.63, 3.8) is 0 Å². The van der Waals surface area contributed by atoms with Crippen molar-refractivity contribution in [2.24, 2.45) is 7.05 Å². The minimum atomic E-state index is 0.706. The summed E-state index contributed by atoms with van der Waals surface area (Å²) in [4.78, 5) is 4.75. The van der Waals surface area contributed by atoms with Gasteiger partial charge in [-0.3, -0.25) is 0 Å². The molecule has 164 valence electrons. The monoisotopic (exact) mass is 411 g/mol. The molecule has 2 aromatic carbocycles. The smallest absolute Gasteiger partial charge is 0.120 e. The molecule has 1 heterocycles. The van der Waals surface area contributed by atoms with Crippen LogP contribution in [-0.2, 0) is 7.05 Å². The highest BCUT2D eigenvalue weighted by atomic mass is 16.5. The number of hydrogen-bond acceptors (Lipinski definition) is 4. The van der Waals surface area contributed by atoms with E-state index in [4.69, 9.17) is 9.47 Å². The van der Waals surface area contributed by atoms with Crippen molar-refractivity contribution in [3.8, 4) is 11.5 Å². The fraction of sp³-hybridized carbons (Fsp3) is 0.520. The third-order valence-corrected chi connectivity index (χ3v) is 6.09. The minimum Gasteiger partial charge on any atom is -0.492 e. The second kappa shape index (κ2) is 10.7. The normalized spacial score (nSPS) is 11.8. The number of fused-ring (bicyclic) bond motifs is 3. The number of aromatic nitrogens is 1. The summed E-state index contributed by atoms with van der Waals surface area (Å²) in [6.45, 7) is 16.3. The number of likely N-dealkylation sites (N-methyl/N-ethyl adjacent to an activating group) is 2. The fourth-order valence-electron chi connectivity index (χ4n) is 4.02. The zero-order valence-corrected chi connectivity index (χ0v) is 19.3. The SMILES string of the molecule is CCN(CC)CCOc1ccc2c(c1)c1cc(OCCN(CC)CC)ccc1n2C. The van der Waals surface area contributed by atoms with Gasteiger partial charge in [-0.15, -0.1) is 0 Å². The number of ether oxygens (including phenoxy) is 2. The van der Waals surface area contributed by atoms with Crippen LogP contribution < -0.4 is 9.47 Å². The van der Waals surface area contributed by atoms with Crippen LogP contribution in [0.3, 0.4) is 0 Å². The van der Waals surface area contributed by atoms with Gasteiger partial charge in [-0.1, -0.05) is 27.7 Å². The van der Waals surface area contributed by atoms with Gasteiger partial charge in [-0.25, -0.2) is 0 Å². The summed E-state index contributed by atoms with van der Waals surface area (Å²) in [7, 11) is 2.12. The van der Waals surface area contributed by atoms with Gasteiger partial charge >= 0.3 is 0 Å². The Morgan fingerprint density at radius 3 is 1.43 bits per heavy atom. The lowest BCUT2D eigenvalue weighted by Crippen LogP contribution is -2.27. The molecule has 3 rings (SSSR count). The molecule has 0 aliphatic rings. The Hall–Kier alpha value is -2.24. The van der Waals surface area contributed by atoms with E-state index in [1.165, 1.54) is 21.8 Å². The van der Waals surface area contributed by atoms with Crippen LogP contribution in [0.15, 0.2) is 36.4 Å². The van der Waals surface area contributed by atoms with Gasteiger partial charge in [0.05, 0.1) is 0 Å². The summed E-state index contributed by atoms with van der Waals surface area (Å²) < 4.78 is 14.4. The van der Waals surface area contributed by atoms with E-state index in [0.717, 1.165) is 50.8 Å². The first-order valence-electron chi connectivity index (χ1n) is 11.3. The minimum absolute atomic E-state index is 0.706. The van der Waals surface area contributed by atoms with Crippen LogP contribution in [0.2, 0.25) is 0 Å². The number of nitrogens with zero attached hydrogens (tertiary/aromatic N) is 3. The largest absolute Gasteiger partial charge is 0.492 e. The summed E-state index contributed by atoms with van der Waals surface area (Å²) in [5, 5.41) is 2.42. The van der Waals surface area contributed by atoms with Crippen molar-refractivity contribution in [1.82, 2.24) is 14.4 Å². The molecule has 0 N–H and O–H groups in total. The van der Waals surface area contributed by atoms with Crippen LogP contribution in [0.4, 0.5) is 0 Å². The summed E-state index contributed by atoms with van der Waals surface area (Å²) >= 11 is 0. The third kappa shape index (κ3) is 5.08. The highest BCUT2D eigenvalue weighted by Crippen LogP contribution is 2.33. The van der Waals surface area contributed by atoms with Crippen molar-refractivity contribution < 1.29 is 9.47 Å². The molecule has 5 nitrogen and oxygen atoms in total. The molecular weight excluding hydrogens is 374 g/mol. The molecular formula is C25H37N3O2. The van der Waals surface area contributed by atoms with Gasteiger partial charge in [0.15, 0.2) is 0 Å². The Labute approximate surface area is 181 Å². The predicted molar refractivity (Wildman–Crippen MR) is 127 cm³/mol. The Kier molecular flexibility index (Phi) is 8.00. The molecule has 1 aromatic heterocycles. The maximum Gasteiger partial charge on any atom is 0.120 e. The van der Waals surface area contributed by atoms with E-state index in [1.54, 1.807) is 0 Å². The van der Waals surface area contributed by atoms with Crippen LogP contribution in [0, 0.1) is 0 Å². The van der Waals surface area contributed by atoms with Gasteiger partial charge in [-0.2, -0.15) is 0 Å². The molecule has 0 aliphatic heterocycles. The van der Waals surface area contributed by atoms with E-state index in [2.05, 4.69) is 85.5 Å². The van der Waals surface area contributed by atoms with Gasteiger partial charge in [0.1, 0.15) is 24.7 Å². The van der Waals surface area contributed by atoms with E-state index < -0.39 is 0 Å². The second-order valence-electron chi connectivity index (χ2n) is 7.67. The summed E-state index contributed by atoms with van der Waals surface area (Å²) in [5.41, 5.74) is 2.42. The fourth-order valence-corrected chi connectivity index (χ4v) is 4.02. The number of hydrogen-bond donors (Lipinski definition) is 0. The molecule has 0 bridgehead atoms. The van der Waals surface area contributed by atoms with Gasteiger partial charge in [-0.05, 0) is 62.6 Å². The first-order valence-corrected chi connectivity index (χ1v) is 11.3. The lowest BCUT2D eigenvalue weighted by Gasteiger charge is -2.18.